The summed E-state index contributed by atoms with van der Waals surface area (Å²) < 4.78 is 0. The van der Waals surface area contributed by atoms with E-state index in [1.165, 1.54) is 5.56 Å². The number of aryl methyl sites for hydroxylation is 1. The number of carbonyl (C=O) groups is 1. The Hall–Kier alpha value is -3.02. The number of rotatable bonds is 4. The Morgan fingerprint density at radius 1 is 1.14 bits per heavy atom. The van der Waals surface area contributed by atoms with E-state index >= 15 is 0 Å². The molecular weight excluding hydrogens is 278 g/mol. The van der Waals surface area contributed by atoms with Crippen molar-refractivity contribution in [3.63, 3.8) is 0 Å². The maximum Gasteiger partial charge on any atom is 0.251 e. The van der Waals surface area contributed by atoms with Gasteiger partial charge in [0.2, 0.25) is 0 Å². The van der Waals surface area contributed by atoms with Gasteiger partial charge in [-0.2, -0.15) is 5.10 Å². The quantitative estimate of drug-likeness (QED) is 0.771. The fourth-order valence-electron chi connectivity index (χ4n) is 1.98. The molecule has 110 valence electrons. The first-order chi connectivity index (χ1) is 10.7. The van der Waals surface area contributed by atoms with Crippen LogP contribution in [-0.2, 0) is 6.54 Å². The third-order valence-electron chi connectivity index (χ3n) is 3.20. The van der Waals surface area contributed by atoms with E-state index in [4.69, 9.17) is 0 Å². The Balaban J connectivity index is 1.65. The first kappa shape index (κ1) is 13.9. The molecule has 3 rings (SSSR count). The summed E-state index contributed by atoms with van der Waals surface area (Å²) in [6, 6.07) is 11.3. The number of hydrogen-bond donors (Lipinski definition) is 2. The van der Waals surface area contributed by atoms with Gasteiger partial charge in [-0.05, 0) is 19.1 Å². The van der Waals surface area contributed by atoms with E-state index in [9.17, 15) is 4.79 Å². The highest BCUT2D eigenvalue weighted by molar-refractivity contribution is 5.93. The molecule has 6 nitrogen and oxygen atoms in total. The van der Waals surface area contributed by atoms with Crippen molar-refractivity contribution in [2.75, 3.05) is 0 Å². The van der Waals surface area contributed by atoms with Crippen molar-refractivity contribution in [1.82, 2.24) is 25.5 Å². The summed E-state index contributed by atoms with van der Waals surface area (Å²) >= 11 is 0. The van der Waals surface area contributed by atoms with Gasteiger partial charge in [0.15, 0.2) is 5.82 Å². The number of H-pyrrole nitrogens is 1. The molecule has 22 heavy (non-hydrogen) atoms. The molecule has 0 unspecified atom stereocenters. The highest BCUT2D eigenvalue weighted by atomic mass is 16.1. The van der Waals surface area contributed by atoms with Gasteiger partial charge in [0, 0.05) is 23.5 Å². The Morgan fingerprint density at radius 2 is 1.86 bits per heavy atom. The molecule has 0 saturated carbocycles. The van der Waals surface area contributed by atoms with Crippen LogP contribution in [0.15, 0.2) is 48.8 Å². The minimum Gasteiger partial charge on any atom is -0.345 e. The number of pyridine rings is 1. The molecule has 0 aliphatic rings. The first-order valence-corrected chi connectivity index (χ1v) is 6.89. The van der Waals surface area contributed by atoms with E-state index < -0.39 is 0 Å². The number of aromatic nitrogens is 4. The van der Waals surface area contributed by atoms with Gasteiger partial charge in [-0.3, -0.25) is 14.9 Å². The standard InChI is InChI=1S/C16H15N5O/c1-11-2-4-12(5-3-11)15-19-14(20-21-15)10-18-16(22)13-6-8-17-9-7-13/h2-9H,10H2,1H3,(H,18,22)(H,19,20,21). The third kappa shape index (κ3) is 3.17. The lowest BCUT2D eigenvalue weighted by Crippen LogP contribution is -2.23. The van der Waals surface area contributed by atoms with Crippen molar-refractivity contribution in [1.29, 1.82) is 0 Å². The fraction of sp³-hybridized carbons (Fsp3) is 0.125. The van der Waals surface area contributed by atoms with Crippen LogP contribution in [0.4, 0.5) is 0 Å². The topological polar surface area (TPSA) is 83.6 Å². The highest BCUT2D eigenvalue weighted by Crippen LogP contribution is 2.15. The number of amides is 1. The highest BCUT2D eigenvalue weighted by Gasteiger charge is 2.08. The van der Waals surface area contributed by atoms with Crippen LogP contribution < -0.4 is 5.32 Å². The Labute approximate surface area is 127 Å². The van der Waals surface area contributed by atoms with Crippen molar-refractivity contribution >= 4 is 5.91 Å². The van der Waals surface area contributed by atoms with E-state index in [0.717, 1.165) is 5.56 Å². The van der Waals surface area contributed by atoms with Crippen molar-refractivity contribution in [3.05, 3.63) is 65.7 Å². The molecular formula is C16H15N5O. The maximum atomic E-state index is 11.9. The third-order valence-corrected chi connectivity index (χ3v) is 3.20. The molecule has 0 aliphatic carbocycles. The van der Waals surface area contributed by atoms with Gasteiger partial charge < -0.3 is 5.32 Å². The van der Waals surface area contributed by atoms with Crippen LogP contribution in [-0.4, -0.2) is 26.1 Å². The average molecular weight is 293 g/mol. The van der Waals surface area contributed by atoms with Crippen LogP contribution in [0.2, 0.25) is 0 Å². The van der Waals surface area contributed by atoms with Crippen LogP contribution in [0.5, 0.6) is 0 Å². The van der Waals surface area contributed by atoms with Crippen LogP contribution in [0.1, 0.15) is 21.7 Å². The Bertz CT molecular complexity index is 765. The normalized spacial score (nSPS) is 10.4. The summed E-state index contributed by atoms with van der Waals surface area (Å²) in [6.07, 6.45) is 3.16. The van der Waals surface area contributed by atoms with Crippen LogP contribution >= 0.6 is 0 Å². The lowest BCUT2D eigenvalue weighted by Gasteiger charge is -2.02. The summed E-state index contributed by atoms with van der Waals surface area (Å²) in [6.45, 7) is 2.32. The minimum atomic E-state index is -0.171. The van der Waals surface area contributed by atoms with E-state index in [-0.39, 0.29) is 5.91 Å². The molecule has 2 N–H and O–H groups in total. The van der Waals surface area contributed by atoms with Gasteiger partial charge in [0.1, 0.15) is 5.82 Å². The molecule has 0 bridgehead atoms. The predicted molar refractivity (Wildman–Crippen MR) is 82.0 cm³/mol. The van der Waals surface area contributed by atoms with Crippen molar-refractivity contribution in [3.8, 4) is 11.4 Å². The average Bonchev–Trinajstić information content (AvgIpc) is 3.03. The molecule has 0 aliphatic heterocycles. The van der Waals surface area contributed by atoms with E-state index in [1.54, 1.807) is 24.5 Å². The molecule has 1 aromatic carbocycles. The van der Waals surface area contributed by atoms with Crippen molar-refractivity contribution in [2.24, 2.45) is 0 Å². The molecule has 0 atom stereocenters. The summed E-state index contributed by atoms with van der Waals surface area (Å²) in [4.78, 5) is 20.2. The summed E-state index contributed by atoms with van der Waals surface area (Å²) in [5.74, 6) is 1.06. The van der Waals surface area contributed by atoms with Gasteiger partial charge >= 0.3 is 0 Å². The molecule has 6 heteroatoms. The second-order valence-corrected chi connectivity index (χ2v) is 4.89. The summed E-state index contributed by atoms with van der Waals surface area (Å²) in [5, 5.41) is 9.80. The lowest BCUT2D eigenvalue weighted by atomic mass is 10.1. The number of nitrogens with one attached hydrogen (secondary N) is 2. The minimum absolute atomic E-state index is 0.171. The maximum absolute atomic E-state index is 11.9. The van der Waals surface area contributed by atoms with E-state index in [2.05, 4.69) is 25.5 Å². The van der Waals surface area contributed by atoms with E-state index in [0.29, 0.717) is 23.8 Å². The second kappa shape index (κ2) is 6.17. The zero-order chi connectivity index (χ0) is 15.4. The number of aromatic amines is 1. The zero-order valence-electron chi connectivity index (χ0n) is 12.1. The molecule has 1 amide bonds. The zero-order valence-corrected chi connectivity index (χ0v) is 12.1. The Kier molecular flexibility index (Phi) is 3.91. The van der Waals surface area contributed by atoms with Crippen LogP contribution in [0, 0.1) is 6.92 Å². The Morgan fingerprint density at radius 3 is 2.59 bits per heavy atom. The van der Waals surface area contributed by atoms with E-state index in [1.807, 2.05) is 31.2 Å². The van der Waals surface area contributed by atoms with Crippen LogP contribution in [0.25, 0.3) is 11.4 Å². The fourth-order valence-corrected chi connectivity index (χ4v) is 1.98. The molecule has 2 aromatic heterocycles. The molecule has 0 fully saturated rings. The van der Waals surface area contributed by atoms with Gasteiger partial charge in [-0.25, -0.2) is 4.98 Å². The largest absolute Gasteiger partial charge is 0.345 e. The van der Waals surface area contributed by atoms with Crippen molar-refractivity contribution in [2.45, 2.75) is 13.5 Å². The predicted octanol–water partition coefficient (Wildman–Crippen LogP) is 2.11. The molecule has 3 aromatic rings. The molecule has 0 saturated heterocycles. The molecule has 0 radical (unpaired) electrons. The van der Waals surface area contributed by atoms with Gasteiger partial charge in [-0.1, -0.05) is 29.8 Å². The first-order valence-electron chi connectivity index (χ1n) is 6.89. The number of benzene rings is 1. The van der Waals surface area contributed by atoms with Crippen molar-refractivity contribution < 1.29 is 4.79 Å². The number of nitrogens with zero attached hydrogens (tertiary/aromatic N) is 3. The van der Waals surface area contributed by atoms with Crippen LogP contribution in [0.3, 0.4) is 0 Å². The smallest absolute Gasteiger partial charge is 0.251 e. The van der Waals surface area contributed by atoms with Gasteiger partial charge in [-0.15, -0.1) is 0 Å². The molecule has 0 spiro atoms. The second-order valence-electron chi connectivity index (χ2n) is 4.89. The monoisotopic (exact) mass is 293 g/mol. The molecule has 2 heterocycles. The summed E-state index contributed by atoms with van der Waals surface area (Å²) in [7, 11) is 0. The number of carbonyl (C=O) groups excluding carboxylic acids is 1. The SMILES string of the molecule is Cc1ccc(-c2n[nH]c(CNC(=O)c3ccncc3)n2)cc1. The number of hydrogen-bond acceptors (Lipinski definition) is 4. The lowest BCUT2D eigenvalue weighted by molar-refractivity contribution is 0.0950. The van der Waals surface area contributed by atoms with Gasteiger partial charge in [0.05, 0.1) is 6.54 Å². The summed E-state index contributed by atoms with van der Waals surface area (Å²) in [5.41, 5.74) is 2.69. The van der Waals surface area contributed by atoms with Gasteiger partial charge in [0.25, 0.3) is 5.91 Å².